The highest BCUT2D eigenvalue weighted by molar-refractivity contribution is 5.91. The third-order valence-electron chi connectivity index (χ3n) is 3.86. The van der Waals surface area contributed by atoms with Gasteiger partial charge in [0.1, 0.15) is 5.82 Å². The number of hydrogen-bond acceptors (Lipinski definition) is 4. The van der Waals surface area contributed by atoms with Crippen molar-refractivity contribution in [2.45, 2.75) is 19.5 Å². The topological polar surface area (TPSA) is 59.8 Å². The molecule has 1 N–H and O–H groups in total. The van der Waals surface area contributed by atoms with Gasteiger partial charge in [-0.1, -0.05) is 0 Å². The molecule has 0 bridgehead atoms. The van der Waals surface area contributed by atoms with Gasteiger partial charge in [-0.2, -0.15) is 18.2 Å². The molecule has 0 spiro atoms. The second kappa shape index (κ2) is 6.93. The second-order valence-corrected chi connectivity index (χ2v) is 5.69. The molecule has 0 saturated carbocycles. The van der Waals surface area contributed by atoms with E-state index < -0.39 is 30.4 Å². The Morgan fingerprint density at radius 2 is 1.96 bits per heavy atom. The van der Waals surface area contributed by atoms with E-state index in [0.717, 1.165) is 22.8 Å². The summed E-state index contributed by atoms with van der Waals surface area (Å²) in [5.74, 6) is -0.207. The van der Waals surface area contributed by atoms with Crippen LogP contribution in [0.2, 0.25) is 0 Å². The second-order valence-electron chi connectivity index (χ2n) is 5.69. The summed E-state index contributed by atoms with van der Waals surface area (Å²) < 4.78 is 65.5. The van der Waals surface area contributed by atoms with Crippen molar-refractivity contribution in [3.8, 4) is 5.69 Å². The van der Waals surface area contributed by atoms with E-state index in [-0.39, 0.29) is 22.4 Å². The number of anilines is 1. The summed E-state index contributed by atoms with van der Waals surface area (Å²) in [7, 11) is 0. The Bertz CT molecular complexity index is 1050. The molecule has 142 valence electrons. The van der Waals surface area contributed by atoms with Crippen molar-refractivity contribution in [3.63, 3.8) is 0 Å². The van der Waals surface area contributed by atoms with Gasteiger partial charge in [-0.25, -0.2) is 13.6 Å². The van der Waals surface area contributed by atoms with Crippen LogP contribution in [-0.4, -0.2) is 27.5 Å². The maximum atomic E-state index is 13.2. The van der Waals surface area contributed by atoms with Gasteiger partial charge in [0.2, 0.25) is 0 Å². The number of aromatic nitrogens is 3. The van der Waals surface area contributed by atoms with E-state index in [4.69, 9.17) is 0 Å². The van der Waals surface area contributed by atoms with Crippen LogP contribution in [-0.2, 0) is 6.18 Å². The van der Waals surface area contributed by atoms with Gasteiger partial charge < -0.3 is 5.32 Å². The third kappa shape index (κ3) is 3.74. The Balaban J connectivity index is 2.34. The smallest absolute Gasteiger partial charge is 0.364 e. The molecule has 2 heterocycles. The molecule has 0 aliphatic heterocycles. The highest BCUT2D eigenvalue weighted by Crippen LogP contribution is 2.33. The molecule has 0 aliphatic carbocycles. The van der Waals surface area contributed by atoms with E-state index in [9.17, 15) is 26.7 Å². The summed E-state index contributed by atoms with van der Waals surface area (Å²) in [5, 5.41) is 2.41. The van der Waals surface area contributed by atoms with Gasteiger partial charge in [0.05, 0.1) is 29.0 Å². The Morgan fingerprint density at radius 3 is 2.59 bits per heavy atom. The van der Waals surface area contributed by atoms with Crippen LogP contribution in [0.15, 0.2) is 41.3 Å². The number of halogens is 5. The lowest BCUT2D eigenvalue weighted by Crippen LogP contribution is -2.25. The Hall–Kier alpha value is -3.04. The lowest BCUT2D eigenvalue weighted by molar-refractivity contribution is -0.137. The Labute approximate surface area is 149 Å². The molecule has 3 rings (SSSR count). The quantitative estimate of drug-likeness (QED) is 0.696. The Morgan fingerprint density at radius 1 is 1.22 bits per heavy atom. The predicted molar refractivity (Wildman–Crippen MR) is 89.4 cm³/mol. The standard InChI is InChI=1S/C17H13F5N4O/c1-9-12(3-2-6-23-9)26-13-7-10(17(20,21)22)4-5-11(13)15(25-16(26)27)24-8-14(18)19/h2-7,14H,8H2,1H3,(H,24,25,27). The van der Waals surface area contributed by atoms with Gasteiger partial charge >= 0.3 is 11.9 Å². The monoisotopic (exact) mass is 384 g/mol. The summed E-state index contributed by atoms with van der Waals surface area (Å²) >= 11 is 0. The lowest BCUT2D eigenvalue weighted by atomic mass is 10.1. The van der Waals surface area contributed by atoms with Crippen molar-refractivity contribution in [1.82, 2.24) is 14.5 Å². The third-order valence-corrected chi connectivity index (χ3v) is 3.86. The van der Waals surface area contributed by atoms with E-state index in [2.05, 4.69) is 15.3 Å². The van der Waals surface area contributed by atoms with Gasteiger partial charge in [-0.15, -0.1) is 0 Å². The number of aryl methyl sites for hydroxylation is 1. The van der Waals surface area contributed by atoms with E-state index in [0.29, 0.717) is 5.69 Å². The number of pyridine rings is 1. The molecule has 5 nitrogen and oxygen atoms in total. The lowest BCUT2D eigenvalue weighted by Gasteiger charge is -2.16. The molecule has 0 unspecified atom stereocenters. The molecular formula is C17H13F5N4O. The minimum absolute atomic E-state index is 0.103. The molecule has 0 atom stereocenters. The van der Waals surface area contributed by atoms with E-state index >= 15 is 0 Å². The highest BCUT2D eigenvalue weighted by Gasteiger charge is 2.31. The molecule has 0 saturated heterocycles. The van der Waals surface area contributed by atoms with E-state index in [1.165, 1.54) is 18.3 Å². The van der Waals surface area contributed by atoms with Crippen LogP contribution in [0.4, 0.5) is 27.8 Å². The average Bonchev–Trinajstić information content (AvgIpc) is 2.59. The predicted octanol–water partition coefficient (Wildman–Crippen LogP) is 3.78. The van der Waals surface area contributed by atoms with Gasteiger partial charge in [0.25, 0.3) is 6.43 Å². The maximum absolute atomic E-state index is 13.2. The highest BCUT2D eigenvalue weighted by atomic mass is 19.4. The largest absolute Gasteiger partial charge is 0.416 e. The first-order valence-electron chi connectivity index (χ1n) is 7.76. The first-order chi connectivity index (χ1) is 12.7. The summed E-state index contributed by atoms with van der Waals surface area (Å²) in [4.78, 5) is 20.3. The molecule has 0 radical (unpaired) electrons. The van der Waals surface area contributed by atoms with Crippen LogP contribution >= 0.6 is 0 Å². The van der Waals surface area contributed by atoms with Crippen LogP contribution in [0.25, 0.3) is 16.6 Å². The summed E-state index contributed by atoms with van der Waals surface area (Å²) in [6.07, 6.45) is -5.89. The number of rotatable bonds is 4. The van der Waals surface area contributed by atoms with E-state index in [1.807, 2.05) is 0 Å². The zero-order valence-electron chi connectivity index (χ0n) is 13.9. The molecule has 1 aromatic carbocycles. The van der Waals surface area contributed by atoms with Crippen molar-refractivity contribution >= 4 is 16.7 Å². The molecule has 0 aliphatic rings. The van der Waals surface area contributed by atoms with Gasteiger partial charge in [0.15, 0.2) is 0 Å². The van der Waals surface area contributed by atoms with Crippen molar-refractivity contribution < 1.29 is 22.0 Å². The molecule has 0 fully saturated rings. The fourth-order valence-electron chi connectivity index (χ4n) is 2.66. The maximum Gasteiger partial charge on any atom is 0.416 e. The Kier molecular flexibility index (Phi) is 4.81. The summed E-state index contributed by atoms with van der Waals surface area (Å²) in [6.45, 7) is 0.794. The fraction of sp³-hybridized carbons (Fsp3) is 0.235. The summed E-state index contributed by atoms with van der Waals surface area (Å²) in [6, 6.07) is 5.73. The molecule has 3 aromatic rings. The number of nitrogens with zero attached hydrogens (tertiary/aromatic N) is 3. The van der Waals surface area contributed by atoms with Crippen LogP contribution in [0.5, 0.6) is 0 Å². The number of benzene rings is 1. The van der Waals surface area contributed by atoms with Gasteiger partial charge in [-0.3, -0.25) is 9.55 Å². The SMILES string of the molecule is Cc1ncccc1-n1c(=O)nc(NCC(F)F)c2ccc(C(F)(F)F)cc21. The first-order valence-corrected chi connectivity index (χ1v) is 7.76. The van der Waals surface area contributed by atoms with E-state index in [1.54, 1.807) is 6.92 Å². The van der Waals surface area contributed by atoms with Gasteiger partial charge in [-0.05, 0) is 37.3 Å². The molecule has 27 heavy (non-hydrogen) atoms. The molecular weight excluding hydrogens is 371 g/mol. The van der Waals surface area contributed by atoms with Gasteiger partial charge in [0, 0.05) is 11.6 Å². The van der Waals surface area contributed by atoms with Crippen molar-refractivity contribution in [2.75, 3.05) is 11.9 Å². The van der Waals surface area contributed by atoms with Crippen LogP contribution < -0.4 is 11.0 Å². The average molecular weight is 384 g/mol. The fourth-order valence-corrected chi connectivity index (χ4v) is 2.66. The van der Waals surface area contributed by atoms with Crippen LogP contribution in [0, 0.1) is 6.92 Å². The van der Waals surface area contributed by atoms with Crippen molar-refractivity contribution in [2.24, 2.45) is 0 Å². The number of nitrogens with one attached hydrogen (secondary N) is 1. The zero-order valence-corrected chi connectivity index (χ0v) is 13.9. The molecule has 2 aromatic heterocycles. The number of fused-ring (bicyclic) bond motifs is 1. The minimum atomic E-state index is -4.64. The van der Waals surface area contributed by atoms with Crippen LogP contribution in [0.1, 0.15) is 11.3 Å². The normalized spacial score (nSPS) is 12.0. The number of hydrogen-bond donors (Lipinski definition) is 1. The zero-order chi connectivity index (χ0) is 19.8. The molecule has 10 heteroatoms. The first kappa shape index (κ1) is 18.7. The minimum Gasteiger partial charge on any atom is -0.364 e. The van der Waals surface area contributed by atoms with Crippen molar-refractivity contribution in [1.29, 1.82) is 0 Å². The van der Waals surface area contributed by atoms with Crippen molar-refractivity contribution in [3.05, 3.63) is 58.3 Å². The summed E-state index contributed by atoms with van der Waals surface area (Å²) in [5.41, 5.74) is -1.35. The van der Waals surface area contributed by atoms with Crippen LogP contribution in [0.3, 0.4) is 0 Å². The molecule has 0 amide bonds. The number of alkyl halides is 5.